The SMILES string of the molecule is Cc1ccc2c3n(nc2n1)C(c1ccc(F)cn1)CCN3. The van der Waals surface area contributed by atoms with Gasteiger partial charge in [0.05, 0.1) is 23.3 Å². The zero-order valence-corrected chi connectivity index (χ0v) is 11.5. The second kappa shape index (κ2) is 4.51. The summed E-state index contributed by atoms with van der Waals surface area (Å²) in [6.07, 6.45) is 2.11. The molecule has 0 saturated carbocycles. The van der Waals surface area contributed by atoms with E-state index in [-0.39, 0.29) is 11.9 Å². The van der Waals surface area contributed by atoms with E-state index in [1.807, 2.05) is 23.7 Å². The van der Waals surface area contributed by atoms with Crippen LogP contribution in [-0.2, 0) is 0 Å². The van der Waals surface area contributed by atoms with Gasteiger partial charge in [0, 0.05) is 12.2 Å². The van der Waals surface area contributed by atoms with Crippen LogP contribution in [0.15, 0.2) is 30.5 Å². The highest BCUT2D eigenvalue weighted by atomic mass is 19.1. The number of aromatic nitrogens is 4. The number of hydrogen-bond acceptors (Lipinski definition) is 4. The van der Waals surface area contributed by atoms with Crippen molar-refractivity contribution < 1.29 is 4.39 Å². The second-order valence-electron chi connectivity index (χ2n) is 5.25. The summed E-state index contributed by atoms with van der Waals surface area (Å²) in [6.45, 7) is 2.78. The summed E-state index contributed by atoms with van der Waals surface area (Å²) in [5, 5.41) is 8.99. The van der Waals surface area contributed by atoms with E-state index >= 15 is 0 Å². The summed E-state index contributed by atoms with van der Waals surface area (Å²) in [5.74, 6) is 0.635. The molecule has 0 aliphatic carbocycles. The van der Waals surface area contributed by atoms with Crippen LogP contribution >= 0.6 is 0 Å². The Bertz CT molecular complexity index is 809. The minimum absolute atomic E-state index is 0.0105. The number of pyridine rings is 2. The van der Waals surface area contributed by atoms with E-state index in [0.29, 0.717) is 0 Å². The molecule has 0 amide bonds. The van der Waals surface area contributed by atoms with Gasteiger partial charge in [0.2, 0.25) is 0 Å². The van der Waals surface area contributed by atoms with Gasteiger partial charge in [-0.1, -0.05) is 0 Å². The van der Waals surface area contributed by atoms with Crippen LogP contribution in [0.1, 0.15) is 23.9 Å². The third-order valence-electron chi connectivity index (χ3n) is 3.80. The molecule has 1 aliphatic heterocycles. The molecule has 5 nitrogen and oxygen atoms in total. The largest absolute Gasteiger partial charge is 0.370 e. The van der Waals surface area contributed by atoms with E-state index in [2.05, 4.69) is 20.4 Å². The van der Waals surface area contributed by atoms with Crippen molar-refractivity contribution >= 4 is 16.9 Å². The molecule has 21 heavy (non-hydrogen) atoms. The van der Waals surface area contributed by atoms with E-state index in [0.717, 1.165) is 41.2 Å². The Hall–Kier alpha value is -2.50. The monoisotopic (exact) mass is 283 g/mol. The van der Waals surface area contributed by atoms with Crippen LogP contribution in [0.4, 0.5) is 10.2 Å². The van der Waals surface area contributed by atoms with Gasteiger partial charge < -0.3 is 5.32 Å². The van der Waals surface area contributed by atoms with E-state index in [1.165, 1.54) is 12.3 Å². The number of nitrogens with zero attached hydrogens (tertiary/aromatic N) is 4. The normalized spacial score (nSPS) is 17.5. The van der Waals surface area contributed by atoms with Crippen LogP contribution in [0.25, 0.3) is 11.0 Å². The molecule has 1 unspecified atom stereocenters. The molecule has 4 rings (SSSR count). The van der Waals surface area contributed by atoms with Gasteiger partial charge in [-0.15, -0.1) is 5.10 Å². The molecule has 1 atom stereocenters. The molecule has 4 heterocycles. The van der Waals surface area contributed by atoms with Crippen molar-refractivity contribution in [1.82, 2.24) is 19.7 Å². The topological polar surface area (TPSA) is 55.6 Å². The predicted molar refractivity (Wildman–Crippen MR) is 77.7 cm³/mol. The van der Waals surface area contributed by atoms with Crippen molar-refractivity contribution in [3.05, 3.63) is 47.7 Å². The predicted octanol–water partition coefficient (Wildman–Crippen LogP) is 2.68. The fraction of sp³-hybridized carbons (Fsp3) is 0.267. The Morgan fingerprint density at radius 3 is 3.00 bits per heavy atom. The molecule has 3 aromatic heterocycles. The quantitative estimate of drug-likeness (QED) is 0.746. The zero-order valence-electron chi connectivity index (χ0n) is 11.5. The highest BCUT2D eigenvalue weighted by Crippen LogP contribution is 2.33. The first kappa shape index (κ1) is 12.3. The van der Waals surface area contributed by atoms with Crippen molar-refractivity contribution in [2.75, 3.05) is 11.9 Å². The average molecular weight is 283 g/mol. The lowest BCUT2D eigenvalue weighted by atomic mass is 10.1. The summed E-state index contributed by atoms with van der Waals surface area (Å²) in [4.78, 5) is 8.68. The molecule has 0 spiro atoms. The molecule has 1 aliphatic rings. The third kappa shape index (κ3) is 1.94. The standard InChI is InChI=1S/C15H14FN5/c1-9-2-4-11-14(19-9)20-21-13(6-7-17-15(11)21)12-5-3-10(16)8-18-12/h2-5,8,13,17H,6-7H2,1H3. The Morgan fingerprint density at radius 1 is 1.29 bits per heavy atom. The fourth-order valence-electron chi connectivity index (χ4n) is 2.79. The molecular weight excluding hydrogens is 269 g/mol. The van der Waals surface area contributed by atoms with Crippen molar-refractivity contribution in [3.63, 3.8) is 0 Å². The number of hydrogen-bond donors (Lipinski definition) is 1. The molecule has 0 aromatic carbocycles. The number of fused-ring (bicyclic) bond motifs is 3. The Balaban J connectivity index is 1.87. The van der Waals surface area contributed by atoms with Crippen LogP contribution < -0.4 is 5.32 Å². The summed E-state index contributed by atoms with van der Waals surface area (Å²) >= 11 is 0. The van der Waals surface area contributed by atoms with Crippen molar-refractivity contribution in [3.8, 4) is 0 Å². The molecule has 0 radical (unpaired) electrons. The summed E-state index contributed by atoms with van der Waals surface area (Å²) < 4.78 is 15.0. The van der Waals surface area contributed by atoms with Crippen molar-refractivity contribution in [1.29, 1.82) is 0 Å². The van der Waals surface area contributed by atoms with Gasteiger partial charge in [0.25, 0.3) is 0 Å². The first-order valence-corrected chi connectivity index (χ1v) is 6.93. The second-order valence-corrected chi connectivity index (χ2v) is 5.25. The maximum absolute atomic E-state index is 13.1. The molecule has 1 N–H and O–H groups in total. The summed E-state index contributed by atoms with van der Waals surface area (Å²) in [6, 6.07) is 7.18. The smallest absolute Gasteiger partial charge is 0.183 e. The van der Waals surface area contributed by atoms with Gasteiger partial charge in [-0.3, -0.25) is 4.98 Å². The van der Waals surface area contributed by atoms with Crippen LogP contribution in [0, 0.1) is 12.7 Å². The Labute approximate surface area is 120 Å². The third-order valence-corrected chi connectivity index (χ3v) is 3.80. The number of halogens is 1. The first-order valence-electron chi connectivity index (χ1n) is 6.93. The Morgan fingerprint density at radius 2 is 2.19 bits per heavy atom. The lowest BCUT2D eigenvalue weighted by molar-refractivity contribution is 0.472. The summed E-state index contributed by atoms with van der Waals surface area (Å²) in [7, 11) is 0. The van der Waals surface area contributed by atoms with Crippen LogP contribution in [0.5, 0.6) is 0 Å². The lowest BCUT2D eigenvalue weighted by Gasteiger charge is -2.25. The van der Waals surface area contributed by atoms with Crippen LogP contribution in [-0.4, -0.2) is 26.3 Å². The summed E-state index contributed by atoms with van der Waals surface area (Å²) in [5.41, 5.74) is 2.49. The van der Waals surface area contributed by atoms with Gasteiger partial charge in [-0.05, 0) is 37.6 Å². The molecule has 3 aromatic rings. The molecule has 0 fully saturated rings. The fourth-order valence-corrected chi connectivity index (χ4v) is 2.79. The van der Waals surface area contributed by atoms with Gasteiger partial charge in [0.1, 0.15) is 11.6 Å². The lowest BCUT2D eigenvalue weighted by Crippen LogP contribution is -2.25. The number of aryl methyl sites for hydroxylation is 1. The number of anilines is 1. The maximum atomic E-state index is 13.1. The number of rotatable bonds is 1. The zero-order chi connectivity index (χ0) is 14.4. The van der Waals surface area contributed by atoms with E-state index in [4.69, 9.17) is 0 Å². The first-order chi connectivity index (χ1) is 10.2. The van der Waals surface area contributed by atoms with Crippen LogP contribution in [0.3, 0.4) is 0 Å². The van der Waals surface area contributed by atoms with E-state index < -0.39 is 0 Å². The van der Waals surface area contributed by atoms with Gasteiger partial charge >= 0.3 is 0 Å². The van der Waals surface area contributed by atoms with Gasteiger partial charge in [-0.2, -0.15) is 0 Å². The highest BCUT2D eigenvalue weighted by Gasteiger charge is 2.25. The van der Waals surface area contributed by atoms with Crippen molar-refractivity contribution in [2.24, 2.45) is 0 Å². The number of nitrogens with one attached hydrogen (secondary N) is 1. The van der Waals surface area contributed by atoms with Gasteiger partial charge in [-0.25, -0.2) is 14.1 Å². The van der Waals surface area contributed by atoms with Crippen LogP contribution in [0.2, 0.25) is 0 Å². The molecular formula is C15H14FN5. The molecule has 106 valence electrons. The minimum atomic E-state index is -0.323. The molecule has 0 bridgehead atoms. The minimum Gasteiger partial charge on any atom is -0.370 e. The molecule has 6 heteroatoms. The Kier molecular flexibility index (Phi) is 2.63. The average Bonchev–Trinajstić information content (AvgIpc) is 2.85. The van der Waals surface area contributed by atoms with Gasteiger partial charge in [0.15, 0.2) is 5.65 Å². The van der Waals surface area contributed by atoms with Crippen molar-refractivity contribution in [2.45, 2.75) is 19.4 Å². The highest BCUT2D eigenvalue weighted by molar-refractivity contribution is 5.88. The van der Waals surface area contributed by atoms with E-state index in [9.17, 15) is 4.39 Å². The maximum Gasteiger partial charge on any atom is 0.183 e. The molecule has 0 saturated heterocycles. The van der Waals surface area contributed by atoms with E-state index in [1.54, 1.807) is 6.07 Å².